The van der Waals surface area contributed by atoms with Gasteiger partial charge in [-0.05, 0) is 13.0 Å². The van der Waals surface area contributed by atoms with Crippen molar-refractivity contribution in [1.29, 1.82) is 0 Å². The Balaban J connectivity index is 2.20. The van der Waals surface area contributed by atoms with Gasteiger partial charge in [-0.1, -0.05) is 0 Å². The van der Waals surface area contributed by atoms with Gasteiger partial charge < -0.3 is 10.2 Å². The SMILES string of the molecule is CNc1ncc(F)cc1C(=O)N(C)Cc1n[nH]c(C)n1. The molecule has 2 rings (SSSR count). The largest absolute Gasteiger partial charge is 0.372 e. The molecular formula is C12H15FN6O. The van der Waals surface area contributed by atoms with Crippen molar-refractivity contribution in [2.45, 2.75) is 13.5 Å². The van der Waals surface area contributed by atoms with Crippen LogP contribution in [0, 0.1) is 12.7 Å². The average molecular weight is 278 g/mol. The number of carbonyl (C=O) groups excluding carboxylic acids is 1. The van der Waals surface area contributed by atoms with Crippen LogP contribution >= 0.6 is 0 Å². The standard InChI is InChI=1S/C12H15FN6O/c1-7-16-10(18-17-7)6-19(3)12(20)9-4-8(13)5-15-11(9)14-2/h4-5H,6H2,1-3H3,(H,14,15)(H,16,17,18). The van der Waals surface area contributed by atoms with Crippen molar-refractivity contribution in [3.8, 4) is 0 Å². The molecule has 2 aromatic heterocycles. The first kappa shape index (κ1) is 13.9. The van der Waals surface area contributed by atoms with E-state index in [9.17, 15) is 9.18 Å². The molecule has 1 amide bonds. The molecule has 0 aliphatic rings. The Labute approximate surface area is 115 Å². The number of hydrogen-bond acceptors (Lipinski definition) is 5. The molecule has 0 radical (unpaired) electrons. The van der Waals surface area contributed by atoms with Gasteiger partial charge in [0.25, 0.3) is 5.91 Å². The zero-order chi connectivity index (χ0) is 14.7. The number of amides is 1. The Morgan fingerprint density at radius 2 is 2.30 bits per heavy atom. The van der Waals surface area contributed by atoms with Gasteiger partial charge in [0.1, 0.15) is 17.5 Å². The van der Waals surface area contributed by atoms with Gasteiger partial charge in [0.15, 0.2) is 5.82 Å². The van der Waals surface area contributed by atoms with Crippen LogP contribution in [0.2, 0.25) is 0 Å². The van der Waals surface area contributed by atoms with Gasteiger partial charge in [-0.3, -0.25) is 9.89 Å². The van der Waals surface area contributed by atoms with Gasteiger partial charge in [-0.15, -0.1) is 0 Å². The summed E-state index contributed by atoms with van der Waals surface area (Å²) in [6.07, 6.45) is 1.06. The van der Waals surface area contributed by atoms with E-state index in [2.05, 4.69) is 25.5 Å². The number of nitrogens with zero attached hydrogens (tertiary/aromatic N) is 4. The lowest BCUT2D eigenvalue weighted by atomic mass is 10.2. The molecule has 0 fully saturated rings. The van der Waals surface area contributed by atoms with Gasteiger partial charge in [0.2, 0.25) is 0 Å². The van der Waals surface area contributed by atoms with Crippen molar-refractivity contribution in [2.75, 3.05) is 19.4 Å². The number of aromatic nitrogens is 4. The first-order chi connectivity index (χ1) is 9.51. The van der Waals surface area contributed by atoms with Gasteiger partial charge in [0.05, 0.1) is 18.3 Å². The van der Waals surface area contributed by atoms with Crippen LogP contribution < -0.4 is 5.32 Å². The third-order valence-electron chi connectivity index (χ3n) is 2.69. The van der Waals surface area contributed by atoms with E-state index in [-0.39, 0.29) is 18.0 Å². The molecule has 8 heteroatoms. The topological polar surface area (TPSA) is 86.8 Å². The summed E-state index contributed by atoms with van der Waals surface area (Å²) in [5.74, 6) is 0.575. The van der Waals surface area contributed by atoms with E-state index in [0.717, 1.165) is 12.3 Å². The lowest BCUT2D eigenvalue weighted by Crippen LogP contribution is -2.27. The number of H-pyrrole nitrogens is 1. The number of pyridine rings is 1. The molecule has 0 unspecified atom stereocenters. The van der Waals surface area contributed by atoms with Crippen LogP contribution in [-0.4, -0.2) is 45.1 Å². The lowest BCUT2D eigenvalue weighted by molar-refractivity contribution is 0.0781. The molecule has 106 valence electrons. The Kier molecular flexibility index (Phi) is 3.92. The Bertz CT molecular complexity index is 626. The molecule has 2 aromatic rings. The monoisotopic (exact) mass is 278 g/mol. The van der Waals surface area contributed by atoms with Crippen LogP contribution in [-0.2, 0) is 6.54 Å². The lowest BCUT2D eigenvalue weighted by Gasteiger charge is -2.16. The maximum absolute atomic E-state index is 13.2. The summed E-state index contributed by atoms with van der Waals surface area (Å²) in [4.78, 5) is 21.7. The number of hydrogen-bond donors (Lipinski definition) is 2. The second-order valence-electron chi connectivity index (χ2n) is 4.30. The predicted octanol–water partition coefficient (Wildman–Crippen LogP) is 0.961. The van der Waals surface area contributed by atoms with Crippen LogP contribution in [0.1, 0.15) is 22.0 Å². The first-order valence-corrected chi connectivity index (χ1v) is 5.98. The highest BCUT2D eigenvalue weighted by Crippen LogP contribution is 2.15. The van der Waals surface area contributed by atoms with Crippen LogP contribution in [0.4, 0.5) is 10.2 Å². The molecular weight excluding hydrogens is 263 g/mol. The minimum atomic E-state index is -0.561. The minimum Gasteiger partial charge on any atom is -0.372 e. The first-order valence-electron chi connectivity index (χ1n) is 5.98. The van der Waals surface area contributed by atoms with Gasteiger partial charge in [0, 0.05) is 14.1 Å². The number of nitrogens with one attached hydrogen (secondary N) is 2. The van der Waals surface area contributed by atoms with Crippen LogP contribution in [0.15, 0.2) is 12.3 Å². The fraction of sp³-hybridized carbons (Fsp3) is 0.333. The fourth-order valence-electron chi connectivity index (χ4n) is 1.75. The molecule has 0 bridgehead atoms. The summed E-state index contributed by atoms with van der Waals surface area (Å²) >= 11 is 0. The summed E-state index contributed by atoms with van der Waals surface area (Å²) in [5.41, 5.74) is 0.169. The molecule has 0 aromatic carbocycles. The van der Waals surface area contributed by atoms with E-state index in [4.69, 9.17) is 0 Å². The molecule has 2 N–H and O–H groups in total. The fourth-order valence-corrected chi connectivity index (χ4v) is 1.75. The quantitative estimate of drug-likeness (QED) is 0.870. The minimum absolute atomic E-state index is 0.169. The molecule has 20 heavy (non-hydrogen) atoms. The zero-order valence-electron chi connectivity index (χ0n) is 11.4. The maximum atomic E-state index is 13.2. The van der Waals surface area contributed by atoms with E-state index in [0.29, 0.717) is 17.5 Å². The van der Waals surface area contributed by atoms with Crippen molar-refractivity contribution < 1.29 is 9.18 Å². The normalized spacial score (nSPS) is 10.4. The van der Waals surface area contributed by atoms with E-state index < -0.39 is 5.82 Å². The van der Waals surface area contributed by atoms with Gasteiger partial charge in [-0.25, -0.2) is 14.4 Å². The van der Waals surface area contributed by atoms with Crippen molar-refractivity contribution in [1.82, 2.24) is 25.1 Å². The van der Waals surface area contributed by atoms with Crippen LogP contribution in [0.25, 0.3) is 0 Å². The number of halogens is 1. The van der Waals surface area contributed by atoms with Crippen molar-refractivity contribution in [3.63, 3.8) is 0 Å². The third-order valence-corrected chi connectivity index (χ3v) is 2.69. The second kappa shape index (κ2) is 5.64. The highest BCUT2D eigenvalue weighted by Gasteiger charge is 2.18. The number of rotatable bonds is 4. The van der Waals surface area contributed by atoms with Gasteiger partial charge >= 0.3 is 0 Å². The van der Waals surface area contributed by atoms with E-state index >= 15 is 0 Å². The highest BCUT2D eigenvalue weighted by atomic mass is 19.1. The Hall–Kier alpha value is -2.51. The van der Waals surface area contributed by atoms with E-state index in [1.54, 1.807) is 21.0 Å². The summed E-state index contributed by atoms with van der Waals surface area (Å²) < 4.78 is 13.2. The predicted molar refractivity (Wildman–Crippen MR) is 70.7 cm³/mol. The van der Waals surface area contributed by atoms with Gasteiger partial charge in [-0.2, -0.15) is 5.10 Å². The number of carbonyl (C=O) groups is 1. The molecule has 0 saturated carbocycles. The van der Waals surface area contributed by atoms with Crippen LogP contribution in [0.3, 0.4) is 0 Å². The van der Waals surface area contributed by atoms with Crippen molar-refractivity contribution in [3.05, 3.63) is 35.3 Å². The summed E-state index contributed by atoms with van der Waals surface area (Å²) in [6.45, 7) is 2.00. The summed E-state index contributed by atoms with van der Waals surface area (Å²) in [7, 11) is 3.22. The smallest absolute Gasteiger partial charge is 0.257 e. The number of aryl methyl sites for hydroxylation is 1. The summed E-state index contributed by atoms with van der Waals surface area (Å²) in [5, 5.41) is 9.42. The summed E-state index contributed by atoms with van der Waals surface area (Å²) in [6, 6.07) is 1.15. The third kappa shape index (κ3) is 2.90. The molecule has 0 saturated heterocycles. The Morgan fingerprint density at radius 1 is 1.55 bits per heavy atom. The van der Waals surface area contributed by atoms with Crippen LogP contribution in [0.5, 0.6) is 0 Å². The van der Waals surface area contributed by atoms with E-state index in [1.165, 1.54) is 4.90 Å². The molecule has 0 aliphatic carbocycles. The molecule has 0 aliphatic heterocycles. The molecule has 0 atom stereocenters. The second-order valence-corrected chi connectivity index (χ2v) is 4.30. The molecule has 0 spiro atoms. The zero-order valence-corrected chi connectivity index (χ0v) is 11.4. The van der Waals surface area contributed by atoms with E-state index in [1.807, 2.05) is 0 Å². The van der Waals surface area contributed by atoms with Crippen molar-refractivity contribution in [2.24, 2.45) is 0 Å². The number of anilines is 1. The number of aromatic amines is 1. The average Bonchev–Trinajstić information content (AvgIpc) is 2.83. The highest BCUT2D eigenvalue weighted by molar-refractivity contribution is 5.98. The maximum Gasteiger partial charge on any atom is 0.257 e. The Morgan fingerprint density at radius 3 is 2.90 bits per heavy atom. The molecule has 2 heterocycles. The molecule has 7 nitrogen and oxygen atoms in total. The van der Waals surface area contributed by atoms with Crippen molar-refractivity contribution >= 4 is 11.7 Å².